The number of non-ortho nitro benzene ring substituents is 1. The van der Waals surface area contributed by atoms with Gasteiger partial charge in [0.1, 0.15) is 0 Å². The number of carbonyl (C=O) groups is 2. The van der Waals surface area contributed by atoms with Crippen LogP contribution in [-0.4, -0.2) is 28.9 Å². The van der Waals surface area contributed by atoms with Gasteiger partial charge in [-0.25, -0.2) is 0 Å². The Morgan fingerprint density at radius 1 is 1.37 bits per heavy atom. The van der Waals surface area contributed by atoms with Crippen LogP contribution >= 0.6 is 0 Å². The third-order valence-corrected chi connectivity index (χ3v) is 3.01. The average molecular weight is 264 g/mol. The van der Waals surface area contributed by atoms with E-state index in [1.54, 1.807) is 12.1 Å². The molecule has 1 aromatic carbocycles. The highest BCUT2D eigenvalue weighted by molar-refractivity contribution is 6.02. The van der Waals surface area contributed by atoms with E-state index in [-0.39, 0.29) is 23.9 Å². The van der Waals surface area contributed by atoms with Gasteiger partial charge in [0, 0.05) is 18.6 Å². The van der Waals surface area contributed by atoms with E-state index in [0.717, 1.165) is 10.6 Å². The predicted molar refractivity (Wildman–Crippen MR) is 63.8 cm³/mol. The van der Waals surface area contributed by atoms with Crippen LogP contribution in [0.25, 0.3) is 0 Å². The first-order chi connectivity index (χ1) is 9.02. The van der Waals surface area contributed by atoms with E-state index >= 15 is 0 Å². The third-order valence-electron chi connectivity index (χ3n) is 3.01. The van der Waals surface area contributed by atoms with Crippen molar-refractivity contribution in [1.29, 1.82) is 0 Å². The van der Waals surface area contributed by atoms with Crippen LogP contribution < -0.4 is 0 Å². The number of rotatable bonds is 4. The normalized spacial score (nSPS) is 19.0. The van der Waals surface area contributed by atoms with Crippen LogP contribution in [0.1, 0.15) is 12.0 Å². The first kappa shape index (κ1) is 13.2. The van der Waals surface area contributed by atoms with Gasteiger partial charge in [-0.1, -0.05) is 12.1 Å². The van der Waals surface area contributed by atoms with Crippen molar-refractivity contribution in [3.63, 3.8) is 0 Å². The first-order valence-corrected chi connectivity index (χ1v) is 5.67. The predicted octanol–water partition coefficient (Wildman–Crippen LogP) is 1.07. The Hall–Kier alpha value is -2.28. The van der Waals surface area contributed by atoms with Gasteiger partial charge in [0.05, 0.1) is 18.0 Å². The molecule has 100 valence electrons. The van der Waals surface area contributed by atoms with Crippen LogP contribution in [0, 0.1) is 16.0 Å². The van der Waals surface area contributed by atoms with Gasteiger partial charge < -0.3 is 0 Å². The van der Waals surface area contributed by atoms with Gasteiger partial charge in [0.2, 0.25) is 0 Å². The van der Waals surface area contributed by atoms with Gasteiger partial charge in [-0.05, 0) is 12.0 Å². The zero-order valence-electron chi connectivity index (χ0n) is 10.2. The molecule has 0 radical (unpaired) electrons. The summed E-state index contributed by atoms with van der Waals surface area (Å²) in [5.41, 5.74) is 0.769. The van der Waals surface area contributed by atoms with Crippen LogP contribution in [-0.2, 0) is 20.8 Å². The van der Waals surface area contributed by atoms with Crippen molar-refractivity contribution in [3.05, 3.63) is 39.9 Å². The van der Waals surface area contributed by atoms with Crippen molar-refractivity contribution in [1.82, 2.24) is 5.06 Å². The van der Waals surface area contributed by atoms with Gasteiger partial charge in [0.15, 0.2) is 0 Å². The summed E-state index contributed by atoms with van der Waals surface area (Å²) in [5, 5.41) is 11.3. The van der Waals surface area contributed by atoms with Crippen LogP contribution in [0.4, 0.5) is 5.69 Å². The van der Waals surface area contributed by atoms with Gasteiger partial charge in [-0.2, -0.15) is 5.06 Å². The molecular formula is C12H12N2O5. The molecule has 1 aromatic rings. The minimum Gasteiger partial charge on any atom is -0.272 e. The highest BCUT2D eigenvalue weighted by atomic mass is 16.7. The van der Waals surface area contributed by atoms with E-state index in [1.807, 2.05) is 0 Å². The summed E-state index contributed by atoms with van der Waals surface area (Å²) in [4.78, 5) is 38.0. The molecular weight excluding hydrogens is 252 g/mol. The third kappa shape index (κ3) is 2.60. The molecule has 1 aliphatic heterocycles. The van der Waals surface area contributed by atoms with Crippen molar-refractivity contribution in [2.45, 2.75) is 12.8 Å². The molecule has 0 bridgehead atoms. The Morgan fingerprint density at radius 3 is 2.47 bits per heavy atom. The Labute approximate surface area is 108 Å². The second kappa shape index (κ2) is 5.15. The van der Waals surface area contributed by atoms with Gasteiger partial charge in [-0.15, -0.1) is 0 Å². The topological polar surface area (TPSA) is 89.8 Å². The van der Waals surface area contributed by atoms with E-state index in [0.29, 0.717) is 6.42 Å². The molecule has 2 rings (SSSR count). The molecule has 1 fully saturated rings. The minimum absolute atomic E-state index is 0.00362. The summed E-state index contributed by atoms with van der Waals surface area (Å²) < 4.78 is 0. The van der Waals surface area contributed by atoms with Crippen molar-refractivity contribution >= 4 is 17.5 Å². The van der Waals surface area contributed by atoms with Crippen LogP contribution in [0.3, 0.4) is 0 Å². The van der Waals surface area contributed by atoms with Crippen molar-refractivity contribution in [2.75, 3.05) is 7.11 Å². The average Bonchev–Trinajstić information content (AvgIpc) is 2.64. The highest BCUT2D eigenvalue weighted by Crippen LogP contribution is 2.24. The molecule has 1 saturated heterocycles. The second-order valence-corrected chi connectivity index (χ2v) is 4.24. The fourth-order valence-electron chi connectivity index (χ4n) is 2.06. The number of nitro groups is 1. The van der Waals surface area contributed by atoms with Gasteiger partial charge in [-0.3, -0.25) is 24.5 Å². The van der Waals surface area contributed by atoms with Crippen molar-refractivity contribution in [2.24, 2.45) is 5.92 Å². The second-order valence-electron chi connectivity index (χ2n) is 4.24. The molecule has 0 aromatic heterocycles. The molecule has 1 heterocycles. The lowest BCUT2D eigenvalue weighted by Gasteiger charge is -2.10. The zero-order chi connectivity index (χ0) is 14.0. The molecule has 2 amide bonds. The number of amides is 2. The number of nitro benzene ring substituents is 1. The summed E-state index contributed by atoms with van der Waals surface area (Å²) in [6.07, 6.45) is 0.464. The maximum Gasteiger partial charge on any atom is 0.269 e. The summed E-state index contributed by atoms with van der Waals surface area (Å²) >= 11 is 0. The summed E-state index contributed by atoms with van der Waals surface area (Å²) in [7, 11) is 1.27. The maximum atomic E-state index is 11.8. The van der Waals surface area contributed by atoms with Gasteiger partial charge >= 0.3 is 0 Å². The summed E-state index contributed by atoms with van der Waals surface area (Å²) in [6, 6.07) is 5.94. The SMILES string of the molecule is CON1C(=O)CC(Cc2ccc([N+](=O)[O-])cc2)C1=O. The number of nitrogens with zero attached hydrogens (tertiary/aromatic N) is 2. The Kier molecular flexibility index (Phi) is 3.57. The van der Waals surface area contributed by atoms with Crippen LogP contribution in [0.5, 0.6) is 0 Å². The number of hydrogen-bond acceptors (Lipinski definition) is 5. The lowest BCUT2D eigenvalue weighted by molar-refractivity contribution is -0.384. The first-order valence-electron chi connectivity index (χ1n) is 5.67. The molecule has 7 nitrogen and oxygen atoms in total. The standard InChI is InChI=1S/C12H12N2O5/c1-19-13-11(15)7-9(12(13)16)6-8-2-4-10(5-3-8)14(17)18/h2-5,9H,6-7H2,1H3. The number of benzene rings is 1. The quantitative estimate of drug-likeness (QED) is 0.461. The Morgan fingerprint density at radius 2 is 2.00 bits per heavy atom. The molecule has 1 aliphatic rings. The fourth-order valence-corrected chi connectivity index (χ4v) is 2.06. The van der Waals surface area contributed by atoms with Gasteiger partial charge in [0.25, 0.3) is 17.5 Å². The zero-order valence-corrected chi connectivity index (χ0v) is 10.2. The molecule has 7 heteroatoms. The Balaban J connectivity index is 2.08. The van der Waals surface area contributed by atoms with Crippen LogP contribution in [0.2, 0.25) is 0 Å². The monoisotopic (exact) mass is 264 g/mol. The van der Waals surface area contributed by atoms with Crippen molar-refractivity contribution < 1.29 is 19.3 Å². The lowest BCUT2D eigenvalue weighted by Crippen LogP contribution is -2.29. The minimum atomic E-state index is -0.485. The number of hydrogen-bond donors (Lipinski definition) is 0. The molecule has 0 spiro atoms. The van der Waals surface area contributed by atoms with Crippen LogP contribution in [0.15, 0.2) is 24.3 Å². The fraction of sp³-hybridized carbons (Fsp3) is 0.333. The number of hydroxylamine groups is 2. The molecule has 0 saturated carbocycles. The number of carbonyl (C=O) groups excluding carboxylic acids is 2. The van der Waals surface area contributed by atoms with E-state index in [4.69, 9.17) is 4.84 Å². The molecule has 1 atom stereocenters. The molecule has 1 unspecified atom stereocenters. The summed E-state index contributed by atoms with van der Waals surface area (Å²) in [5.74, 6) is -1.20. The molecule has 0 aliphatic carbocycles. The summed E-state index contributed by atoms with van der Waals surface area (Å²) in [6.45, 7) is 0. The smallest absolute Gasteiger partial charge is 0.269 e. The number of imide groups is 1. The van der Waals surface area contributed by atoms with Crippen molar-refractivity contribution in [3.8, 4) is 0 Å². The van der Waals surface area contributed by atoms with E-state index in [2.05, 4.69) is 0 Å². The highest BCUT2D eigenvalue weighted by Gasteiger charge is 2.39. The maximum absolute atomic E-state index is 11.8. The Bertz CT molecular complexity index is 525. The molecule has 19 heavy (non-hydrogen) atoms. The van der Waals surface area contributed by atoms with E-state index in [9.17, 15) is 19.7 Å². The lowest BCUT2D eigenvalue weighted by atomic mass is 9.98. The molecule has 0 N–H and O–H groups in total. The largest absolute Gasteiger partial charge is 0.272 e. The van der Waals surface area contributed by atoms with E-state index < -0.39 is 10.8 Å². The van der Waals surface area contributed by atoms with E-state index in [1.165, 1.54) is 19.2 Å².